The second-order valence-corrected chi connectivity index (χ2v) is 8.78. The Bertz CT molecular complexity index is 817. The number of nitrogens with zero attached hydrogens (tertiary/aromatic N) is 4. The second-order valence-electron chi connectivity index (χ2n) is 6.78. The fraction of sp³-hybridized carbons (Fsp3) is 0.500. The summed E-state index contributed by atoms with van der Waals surface area (Å²) in [6, 6.07) is 3.50. The third kappa shape index (κ3) is 4.22. The highest BCUT2D eigenvalue weighted by Gasteiger charge is 2.49. The molecule has 1 aromatic heterocycles. The van der Waals surface area contributed by atoms with Crippen LogP contribution in [0, 0.1) is 11.3 Å². The van der Waals surface area contributed by atoms with Gasteiger partial charge >= 0.3 is 0 Å². The van der Waals surface area contributed by atoms with Crippen molar-refractivity contribution in [1.82, 2.24) is 9.88 Å². The Balaban J connectivity index is 2.28. The molecule has 0 radical (unpaired) electrons. The Kier molecular flexibility index (Phi) is 6.44. The molecular weight excluding hydrogens is 384 g/mol. The minimum absolute atomic E-state index is 0.0659. The van der Waals surface area contributed by atoms with E-state index in [1.807, 2.05) is 19.9 Å². The summed E-state index contributed by atoms with van der Waals surface area (Å²) in [7, 11) is 1.43. The van der Waals surface area contributed by atoms with Crippen molar-refractivity contribution < 1.29 is 14.3 Å². The van der Waals surface area contributed by atoms with Crippen molar-refractivity contribution in [3.8, 4) is 11.8 Å². The predicted octanol–water partition coefficient (Wildman–Crippen LogP) is 2.73. The van der Waals surface area contributed by atoms with Crippen molar-refractivity contribution in [3.63, 3.8) is 0 Å². The Morgan fingerprint density at radius 2 is 2.15 bits per heavy atom. The van der Waals surface area contributed by atoms with Gasteiger partial charge in [0.15, 0.2) is 21.7 Å². The molecule has 2 heterocycles. The molecular formula is C18H22N4O3S2. The van der Waals surface area contributed by atoms with Crippen LogP contribution in [0.1, 0.15) is 39.8 Å². The van der Waals surface area contributed by atoms with Gasteiger partial charge in [0.1, 0.15) is 11.6 Å². The third-order valence-corrected chi connectivity index (χ3v) is 5.49. The normalized spacial score (nSPS) is 16.0. The van der Waals surface area contributed by atoms with Crippen LogP contribution in [-0.4, -0.2) is 50.5 Å². The zero-order valence-electron chi connectivity index (χ0n) is 16.0. The lowest BCUT2D eigenvalue weighted by Crippen LogP contribution is -2.45. The number of hydrogen-bond acceptors (Lipinski definition) is 7. The Morgan fingerprint density at radius 3 is 2.70 bits per heavy atom. The van der Waals surface area contributed by atoms with Crippen LogP contribution in [0.4, 0.5) is 5.69 Å². The second kappa shape index (κ2) is 8.23. The fourth-order valence-corrected chi connectivity index (χ4v) is 4.00. The molecule has 1 aliphatic heterocycles. The highest BCUT2D eigenvalue weighted by molar-refractivity contribution is 8.14. The summed E-state index contributed by atoms with van der Waals surface area (Å²) < 4.78 is 5.17. The number of anilines is 1. The molecule has 0 aliphatic carbocycles. The van der Waals surface area contributed by atoms with Crippen LogP contribution in [0.25, 0.3) is 0 Å². The van der Waals surface area contributed by atoms with E-state index in [1.165, 1.54) is 30.0 Å². The number of ether oxygens (including phenoxy) is 1. The van der Waals surface area contributed by atoms with Gasteiger partial charge in [-0.05, 0) is 26.1 Å². The molecule has 0 aromatic carbocycles. The molecule has 1 aliphatic rings. The van der Waals surface area contributed by atoms with Gasteiger partial charge in [0.05, 0.1) is 19.0 Å². The van der Waals surface area contributed by atoms with Gasteiger partial charge < -0.3 is 9.64 Å². The number of carbonyl (C=O) groups excluding carboxylic acids is 2. The first-order chi connectivity index (χ1) is 12.6. The summed E-state index contributed by atoms with van der Waals surface area (Å²) in [6.07, 6.45) is 1.72. The summed E-state index contributed by atoms with van der Waals surface area (Å²) in [5.41, 5.74) is -0.327. The first-order valence-corrected chi connectivity index (χ1v) is 9.72. The average Bonchev–Trinajstić information content (AvgIpc) is 2.77. The number of thiocarbonyl (C=S) groups is 1. The maximum absolute atomic E-state index is 13.0. The van der Waals surface area contributed by atoms with Crippen LogP contribution in [0.2, 0.25) is 0 Å². The lowest BCUT2D eigenvalue weighted by molar-refractivity contribution is -0.123. The molecule has 144 valence electrons. The van der Waals surface area contributed by atoms with Crippen LogP contribution >= 0.6 is 24.0 Å². The van der Waals surface area contributed by atoms with E-state index in [9.17, 15) is 9.59 Å². The minimum Gasteiger partial charge on any atom is -0.494 e. The molecule has 0 spiro atoms. The molecule has 1 amide bonds. The maximum Gasteiger partial charge on any atom is 0.258 e. The topological polar surface area (TPSA) is 86.5 Å². The highest BCUT2D eigenvalue weighted by Crippen LogP contribution is 2.34. The van der Waals surface area contributed by atoms with E-state index in [2.05, 4.69) is 4.98 Å². The molecule has 0 saturated carbocycles. The van der Waals surface area contributed by atoms with Gasteiger partial charge in [0, 0.05) is 24.3 Å². The molecule has 2 rings (SSSR count). The number of aromatic nitrogens is 1. The third-order valence-electron chi connectivity index (χ3n) is 4.15. The van der Waals surface area contributed by atoms with E-state index in [0.29, 0.717) is 23.8 Å². The molecule has 0 bridgehead atoms. The minimum atomic E-state index is -0.888. The van der Waals surface area contributed by atoms with Crippen molar-refractivity contribution in [2.75, 3.05) is 18.6 Å². The van der Waals surface area contributed by atoms with Crippen molar-refractivity contribution >= 4 is 45.8 Å². The van der Waals surface area contributed by atoms with Crippen LogP contribution in [-0.2, 0) is 9.59 Å². The quantitative estimate of drug-likeness (QED) is 0.667. The summed E-state index contributed by atoms with van der Waals surface area (Å²) in [5, 5.41) is 9.66. The van der Waals surface area contributed by atoms with Crippen LogP contribution in [0.5, 0.6) is 5.75 Å². The number of pyridine rings is 1. The van der Waals surface area contributed by atoms with Gasteiger partial charge in [-0.1, -0.05) is 25.6 Å². The molecule has 27 heavy (non-hydrogen) atoms. The molecule has 0 atom stereocenters. The number of methoxy groups -OCH3 is 1. The molecule has 1 aromatic rings. The summed E-state index contributed by atoms with van der Waals surface area (Å²) in [5.74, 6) is 0.0513. The number of thioether (sulfide) groups is 1. The smallest absolute Gasteiger partial charge is 0.258 e. The van der Waals surface area contributed by atoms with Crippen LogP contribution in [0.3, 0.4) is 0 Å². The van der Waals surface area contributed by atoms with Gasteiger partial charge in [-0.2, -0.15) is 5.26 Å². The van der Waals surface area contributed by atoms with Gasteiger partial charge in [0.25, 0.3) is 5.91 Å². The van der Waals surface area contributed by atoms with E-state index in [1.54, 1.807) is 24.8 Å². The highest BCUT2D eigenvalue weighted by atomic mass is 32.2. The number of hydrogen-bond donors (Lipinski definition) is 0. The lowest BCUT2D eigenvalue weighted by atomic mass is 10.0. The van der Waals surface area contributed by atoms with Gasteiger partial charge in [-0.3, -0.25) is 14.5 Å². The monoisotopic (exact) mass is 406 g/mol. The van der Waals surface area contributed by atoms with Crippen LogP contribution < -0.4 is 9.64 Å². The summed E-state index contributed by atoms with van der Waals surface area (Å²) >= 11 is 6.81. The summed E-state index contributed by atoms with van der Waals surface area (Å²) in [4.78, 5) is 32.2. The Labute approximate surface area is 168 Å². The molecule has 1 saturated heterocycles. The largest absolute Gasteiger partial charge is 0.494 e. The van der Waals surface area contributed by atoms with Gasteiger partial charge in [-0.25, -0.2) is 4.98 Å². The zero-order valence-corrected chi connectivity index (χ0v) is 17.6. The first-order valence-electron chi connectivity index (χ1n) is 8.43. The Hall–Kier alpha value is -2.18. The molecule has 0 unspecified atom stereocenters. The average molecular weight is 407 g/mol. The molecule has 1 fully saturated rings. The summed E-state index contributed by atoms with van der Waals surface area (Å²) in [6.45, 7) is 7.83. The predicted molar refractivity (Wildman–Crippen MR) is 109 cm³/mol. The number of carbonyl (C=O) groups is 2. The Morgan fingerprint density at radius 1 is 1.48 bits per heavy atom. The van der Waals surface area contributed by atoms with Crippen molar-refractivity contribution in [2.24, 2.45) is 0 Å². The van der Waals surface area contributed by atoms with Crippen molar-refractivity contribution in [2.45, 2.75) is 44.9 Å². The van der Waals surface area contributed by atoms with Crippen LogP contribution in [0.15, 0.2) is 12.3 Å². The lowest BCUT2D eigenvalue weighted by Gasteiger charge is -2.29. The van der Waals surface area contributed by atoms with Gasteiger partial charge in [-0.15, -0.1) is 0 Å². The zero-order chi connectivity index (χ0) is 20.4. The van der Waals surface area contributed by atoms with E-state index < -0.39 is 5.54 Å². The first kappa shape index (κ1) is 21.1. The van der Waals surface area contributed by atoms with E-state index in [4.69, 9.17) is 22.2 Å². The van der Waals surface area contributed by atoms with Gasteiger partial charge in [0.2, 0.25) is 0 Å². The molecule has 7 nitrogen and oxygen atoms in total. The fourth-order valence-electron chi connectivity index (χ4n) is 2.76. The van der Waals surface area contributed by atoms with E-state index in [0.717, 1.165) is 0 Å². The number of nitriles is 1. The molecule has 0 N–H and O–H groups in total. The maximum atomic E-state index is 13.0. The standard InChI is InChI=1S/C18H22N4O3S2/c1-11(2)27-15(23)6-7-21-17(26)22(16(24)18(21,3)4)12-8-14(25-5)13(9-19)20-10-12/h8,10-11H,6-7H2,1-5H3. The molecule has 9 heteroatoms. The van der Waals surface area contributed by atoms with E-state index >= 15 is 0 Å². The number of amides is 1. The SMILES string of the molecule is COc1cc(N2C(=O)C(C)(C)N(CCC(=O)SC(C)C)C2=S)cnc1C#N. The van der Waals surface area contributed by atoms with E-state index in [-0.39, 0.29) is 27.7 Å². The van der Waals surface area contributed by atoms with Crippen molar-refractivity contribution in [3.05, 3.63) is 18.0 Å². The number of rotatable bonds is 6. The van der Waals surface area contributed by atoms with Crippen molar-refractivity contribution in [1.29, 1.82) is 5.26 Å².